The molecule has 5 heteroatoms. The van der Waals surface area contributed by atoms with E-state index in [2.05, 4.69) is 53.6 Å². The maximum atomic E-state index is 5.32. The largest absolute Gasteiger partial charge is 0.380 e. The van der Waals surface area contributed by atoms with Crippen molar-refractivity contribution in [3.8, 4) is 0 Å². The molecule has 2 N–H and O–H groups in total. The van der Waals surface area contributed by atoms with Gasteiger partial charge >= 0.3 is 0 Å². The molecule has 0 radical (unpaired) electrons. The van der Waals surface area contributed by atoms with Crippen LogP contribution in [0.2, 0.25) is 0 Å². The zero-order valence-corrected chi connectivity index (χ0v) is 16.4. The fourth-order valence-electron chi connectivity index (χ4n) is 3.49. The molecule has 0 spiro atoms. The first-order valence-corrected chi connectivity index (χ1v) is 10.1. The highest BCUT2D eigenvalue weighted by molar-refractivity contribution is 5.79. The second kappa shape index (κ2) is 9.38. The Morgan fingerprint density at radius 3 is 2.38 bits per heavy atom. The Labute approximate surface area is 158 Å². The lowest BCUT2D eigenvalue weighted by Gasteiger charge is -2.38. The second-order valence-corrected chi connectivity index (χ2v) is 8.01. The SMILES string of the molecule is CCNC(=NCc1ccc(CN2CCCCC2)cc1)NCC1(C)COC1. The van der Waals surface area contributed by atoms with E-state index < -0.39 is 0 Å². The highest BCUT2D eigenvalue weighted by Crippen LogP contribution is 2.25. The summed E-state index contributed by atoms with van der Waals surface area (Å²) in [5, 5.41) is 6.78. The number of piperidine rings is 1. The molecule has 2 aliphatic heterocycles. The molecule has 2 aliphatic rings. The Bertz CT molecular complexity index is 574. The van der Waals surface area contributed by atoms with Gasteiger partial charge in [-0.05, 0) is 44.0 Å². The number of guanidine groups is 1. The number of likely N-dealkylation sites (tertiary alicyclic amines) is 1. The summed E-state index contributed by atoms with van der Waals surface area (Å²) >= 11 is 0. The molecule has 0 amide bonds. The normalized spacial score (nSPS) is 20.5. The van der Waals surface area contributed by atoms with E-state index in [0.29, 0.717) is 6.54 Å². The summed E-state index contributed by atoms with van der Waals surface area (Å²) in [5.74, 6) is 0.887. The fourth-order valence-corrected chi connectivity index (χ4v) is 3.49. The van der Waals surface area contributed by atoms with Gasteiger partial charge in [0.05, 0.1) is 19.8 Å². The highest BCUT2D eigenvalue weighted by atomic mass is 16.5. The fraction of sp³-hybridized carbons (Fsp3) is 0.667. The minimum Gasteiger partial charge on any atom is -0.380 e. The monoisotopic (exact) mass is 358 g/mol. The lowest BCUT2D eigenvalue weighted by Crippen LogP contribution is -2.51. The van der Waals surface area contributed by atoms with Crippen LogP contribution < -0.4 is 10.6 Å². The topological polar surface area (TPSA) is 48.9 Å². The molecule has 0 atom stereocenters. The molecule has 144 valence electrons. The summed E-state index contributed by atoms with van der Waals surface area (Å²) in [5.41, 5.74) is 2.90. The molecule has 0 aliphatic carbocycles. The van der Waals surface area contributed by atoms with E-state index in [1.807, 2.05) is 0 Å². The lowest BCUT2D eigenvalue weighted by molar-refractivity contribution is -0.0971. The van der Waals surface area contributed by atoms with Gasteiger partial charge in [-0.2, -0.15) is 0 Å². The number of benzene rings is 1. The van der Waals surface area contributed by atoms with Gasteiger partial charge in [0.2, 0.25) is 0 Å². The van der Waals surface area contributed by atoms with Crippen LogP contribution in [0.4, 0.5) is 0 Å². The summed E-state index contributed by atoms with van der Waals surface area (Å²) < 4.78 is 5.32. The molecular formula is C21H34N4O. The molecule has 1 aromatic rings. The third kappa shape index (κ3) is 5.71. The summed E-state index contributed by atoms with van der Waals surface area (Å²) in [7, 11) is 0. The number of hydrogen-bond acceptors (Lipinski definition) is 3. The maximum absolute atomic E-state index is 5.32. The van der Waals surface area contributed by atoms with Gasteiger partial charge in [-0.1, -0.05) is 37.6 Å². The number of hydrogen-bond donors (Lipinski definition) is 2. The Morgan fingerprint density at radius 2 is 1.77 bits per heavy atom. The minimum atomic E-state index is 0.242. The molecule has 2 fully saturated rings. The van der Waals surface area contributed by atoms with Gasteiger partial charge in [0.15, 0.2) is 5.96 Å². The Hall–Kier alpha value is -1.59. The quantitative estimate of drug-likeness (QED) is 0.581. The third-order valence-corrected chi connectivity index (χ3v) is 5.23. The molecule has 2 heterocycles. The van der Waals surface area contributed by atoms with Crippen LogP contribution in [0.3, 0.4) is 0 Å². The Kier molecular flexibility index (Phi) is 6.92. The molecular weight excluding hydrogens is 324 g/mol. The Balaban J connectivity index is 1.49. The first kappa shape index (κ1) is 19.2. The van der Waals surface area contributed by atoms with Gasteiger partial charge in [-0.25, -0.2) is 4.99 Å². The van der Waals surface area contributed by atoms with Crippen LogP contribution in [0.5, 0.6) is 0 Å². The number of nitrogens with one attached hydrogen (secondary N) is 2. The molecule has 1 aromatic carbocycles. The van der Waals surface area contributed by atoms with Crippen molar-refractivity contribution in [2.24, 2.45) is 10.4 Å². The van der Waals surface area contributed by atoms with Gasteiger partial charge in [-0.15, -0.1) is 0 Å². The highest BCUT2D eigenvalue weighted by Gasteiger charge is 2.33. The lowest BCUT2D eigenvalue weighted by atomic mass is 9.89. The predicted octanol–water partition coefficient (Wildman–Crippen LogP) is 2.76. The smallest absolute Gasteiger partial charge is 0.191 e. The average molecular weight is 359 g/mol. The number of aliphatic imine (C=N–C) groups is 1. The van der Waals surface area contributed by atoms with Crippen molar-refractivity contribution >= 4 is 5.96 Å². The minimum absolute atomic E-state index is 0.242. The molecule has 2 saturated heterocycles. The van der Waals surface area contributed by atoms with Crippen molar-refractivity contribution in [3.05, 3.63) is 35.4 Å². The van der Waals surface area contributed by atoms with E-state index in [9.17, 15) is 0 Å². The molecule has 0 aromatic heterocycles. The second-order valence-electron chi connectivity index (χ2n) is 8.01. The van der Waals surface area contributed by atoms with Gasteiger partial charge in [0.1, 0.15) is 0 Å². The summed E-state index contributed by atoms with van der Waals surface area (Å²) in [4.78, 5) is 7.30. The first-order chi connectivity index (χ1) is 12.7. The first-order valence-electron chi connectivity index (χ1n) is 10.1. The molecule has 0 saturated carbocycles. The number of nitrogens with zero attached hydrogens (tertiary/aromatic N) is 2. The van der Waals surface area contributed by atoms with Gasteiger partial charge < -0.3 is 15.4 Å². The number of rotatable bonds is 7. The van der Waals surface area contributed by atoms with E-state index in [0.717, 1.165) is 38.8 Å². The van der Waals surface area contributed by atoms with Crippen LogP contribution in [0.25, 0.3) is 0 Å². The van der Waals surface area contributed by atoms with E-state index in [4.69, 9.17) is 9.73 Å². The van der Waals surface area contributed by atoms with Crippen LogP contribution >= 0.6 is 0 Å². The summed E-state index contributed by atoms with van der Waals surface area (Å²) in [6.07, 6.45) is 4.08. The Morgan fingerprint density at radius 1 is 1.08 bits per heavy atom. The predicted molar refractivity (Wildman–Crippen MR) is 107 cm³/mol. The van der Waals surface area contributed by atoms with Gasteiger partial charge in [0.25, 0.3) is 0 Å². The van der Waals surface area contributed by atoms with Crippen LogP contribution in [-0.4, -0.2) is 50.3 Å². The maximum Gasteiger partial charge on any atom is 0.191 e. The van der Waals surface area contributed by atoms with Crippen molar-refractivity contribution in [1.82, 2.24) is 15.5 Å². The molecule has 0 bridgehead atoms. The van der Waals surface area contributed by atoms with E-state index >= 15 is 0 Å². The van der Waals surface area contributed by atoms with Gasteiger partial charge in [-0.3, -0.25) is 4.90 Å². The molecule has 26 heavy (non-hydrogen) atoms. The zero-order valence-electron chi connectivity index (χ0n) is 16.4. The number of ether oxygens (including phenoxy) is 1. The van der Waals surface area contributed by atoms with E-state index in [-0.39, 0.29) is 5.41 Å². The van der Waals surface area contributed by atoms with Crippen LogP contribution in [0.1, 0.15) is 44.2 Å². The standard InChI is InChI=1S/C21H34N4O/c1-3-22-20(24-15-21(2)16-26-17-21)23-13-18-7-9-19(10-8-18)14-25-11-5-4-6-12-25/h7-10H,3-6,11-17H2,1-2H3,(H2,22,23,24). The third-order valence-electron chi connectivity index (χ3n) is 5.23. The molecule has 5 nitrogen and oxygen atoms in total. The van der Waals surface area contributed by atoms with Crippen molar-refractivity contribution in [2.75, 3.05) is 39.4 Å². The van der Waals surface area contributed by atoms with Gasteiger partial charge in [0, 0.05) is 25.0 Å². The van der Waals surface area contributed by atoms with Crippen LogP contribution in [0.15, 0.2) is 29.3 Å². The van der Waals surface area contributed by atoms with Crippen LogP contribution in [-0.2, 0) is 17.8 Å². The molecule has 3 rings (SSSR count). The average Bonchev–Trinajstić information content (AvgIpc) is 2.64. The molecule has 0 unspecified atom stereocenters. The summed E-state index contributed by atoms with van der Waals surface area (Å²) in [6, 6.07) is 8.94. The van der Waals surface area contributed by atoms with E-state index in [1.54, 1.807) is 0 Å². The summed E-state index contributed by atoms with van der Waals surface area (Å²) in [6.45, 7) is 12.0. The van der Waals surface area contributed by atoms with Crippen molar-refractivity contribution in [2.45, 2.75) is 46.2 Å². The van der Waals surface area contributed by atoms with E-state index in [1.165, 1.54) is 43.5 Å². The van der Waals surface area contributed by atoms with Crippen molar-refractivity contribution in [3.63, 3.8) is 0 Å². The van der Waals surface area contributed by atoms with Crippen LogP contribution in [0, 0.1) is 5.41 Å². The van der Waals surface area contributed by atoms with Crippen molar-refractivity contribution < 1.29 is 4.74 Å². The van der Waals surface area contributed by atoms with Crippen molar-refractivity contribution in [1.29, 1.82) is 0 Å². The zero-order chi connectivity index (χ0) is 18.2.